The van der Waals surface area contributed by atoms with E-state index in [0.717, 1.165) is 5.56 Å². The van der Waals surface area contributed by atoms with E-state index < -0.39 is 13.1 Å². The number of alkyl halides is 1. The van der Waals surface area contributed by atoms with Crippen molar-refractivity contribution in [2.75, 3.05) is 0 Å². The van der Waals surface area contributed by atoms with E-state index in [0.29, 0.717) is 5.75 Å². The van der Waals surface area contributed by atoms with E-state index in [-0.39, 0.29) is 0 Å². The lowest BCUT2D eigenvalue weighted by Gasteiger charge is -2.20. The van der Waals surface area contributed by atoms with Crippen LogP contribution in [-0.4, -0.2) is 0 Å². The van der Waals surface area contributed by atoms with Gasteiger partial charge in [0.1, 0.15) is 5.12 Å². The highest BCUT2D eigenvalue weighted by atomic mass is 35.5. The van der Waals surface area contributed by atoms with Crippen LogP contribution in [0.25, 0.3) is 0 Å². The lowest BCUT2D eigenvalue weighted by atomic mass is 10.2. The molecule has 0 bridgehead atoms. The molecule has 0 saturated carbocycles. The van der Waals surface area contributed by atoms with Crippen LogP contribution in [0.1, 0.15) is 10.7 Å². The van der Waals surface area contributed by atoms with E-state index >= 15 is 0 Å². The van der Waals surface area contributed by atoms with E-state index in [9.17, 15) is 4.57 Å². The molecule has 1 N–H and O–H groups in total. The van der Waals surface area contributed by atoms with Gasteiger partial charge in [0.25, 0.3) is 0 Å². The zero-order chi connectivity index (χ0) is 8.55. The van der Waals surface area contributed by atoms with Crippen molar-refractivity contribution in [1.82, 2.24) is 5.25 Å². The molecule has 0 aromatic heterocycles. The van der Waals surface area contributed by atoms with Gasteiger partial charge in [0.2, 0.25) is 0 Å². The molecule has 0 spiro atoms. The van der Waals surface area contributed by atoms with Gasteiger partial charge in [0.15, 0.2) is 13.7 Å². The van der Waals surface area contributed by atoms with Crippen LogP contribution in [0.4, 0.5) is 0 Å². The van der Waals surface area contributed by atoms with Gasteiger partial charge in [-0.3, -0.25) is 0 Å². The van der Waals surface area contributed by atoms with Gasteiger partial charge >= 0.3 is 0 Å². The van der Waals surface area contributed by atoms with Crippen LogP contribution in [0.2, 0.25) is 0 Å². The average molecular weight is 204 g/mol. The molecule has 2 rings (SSSR count). The summed E-state index contributed by atoms with van der Waals surface area (Å²) in [6.07, 6.45) is 0. The third-order valence-corrected chi connectivity index (χ3v) is 3.59. The van der Waals surface area contributed by atoms with Crippen LogP contribution in [0.3, 0.4) is 0 Å². The Morgan fingerprint density at radius 1 is 1.50 bits per heavy atom. The topological polar surface area (TPSA) is 38.3 Å². The minimum atomic E-state index is -2.04. The Morgan fingerprint density at radius 3 is 3.08 bits per heavy atom. The minimum absolute atomic E-state index is 0.458. The zero-order valence-electron chi connectivity index (χ0n) is 6.08. The first kappa shape index (κ1) is 8.11. The molecule has 0 aliphatic carbocycles. The fourth-order valence-electron chi connectivity index (χ4n) is 1.08. The number of rotatable bonds is 0. The fourth-order valence-corrected chi connectivity index (χ4v) is 2.23. The quantitative estimate of drug-likeness (QED) is 0.519. The molecule has 0 amide bonds. The average Bonchev–Trinajstić information content (AvgIpc) is 2.12. The number of halogens is 1. The summed E-state index contributed by atoms with van der Waals surface area (Å²) in [7, 11) is -2.04. The Hall–Kier alpha value is -0.500. The molecule has 1 heterocycles. The van der Waals surface area contributed by atoms with Gasteiger partial charge in [0.05, 0.1) is 0 Å². The van der Waals surface area contributed by atoms with E-state index in [4.69, 9.17) is 16.4 Å². The molecule has 5 heteroatoms. The number of nitrogens with one attached hydrogen (secondary N) is 1. The molecular weight excluding hydrogens is 197 g/mol. The van der Waals surface area contributed by atoms with Crippen LogP contribution in [0.15, 0.2) is 24.3 Å². The number of para-hydroxylation sites is 1. The summed E-state index contributed by atoms with van der Waals surface area (Å²) >= 11 is 5.89. The Kier molecular flexibility index (Phi) is 2.09. The molecule has 12 heavy (non-hydrogen) atoms. The number of hydrogen-bond donors (Lipinski definition) is 1. The maximum Gasteiger partial charge on any atom is 0.189 e. The largest absolute Gasteiger partial charge is 0.402 e. The Bertz CT molecular complexity index is 331. The van der Waals surface area contributed by atoms with E-state index in [1.54, 1.807) is 6.07 Å². The maximum absolute atomic E-state index is 11.2. The standard InChI is InChI=1S/C7H7ClNO2P/c8-7-5-3-1-2-4-6(5)11-9-12(7)10/h1-4,7,12H,(H,9,10). The zero-order valence-corrected chi connectivity index (χ0v) is 7.84. The summed E-state index contributed by atoms with van der Waals surface area (Å²) in [6, 6.07) is 7.28. The molecule has 0 fully saturated rings. The van der Waals surface area contributed by atoms with Gasteiger partial charge < -0.3 is 9.40 Å². The van der Waals surface area contributed by atoms with Crippen LogP contribution >= 0.6 is 19.6 Å². The Labute approximate surface area is 75.5 Å². The van der Waals surface area contributed by atoms with Crippen molar-refractivity contribution in [3.8, 4) is 5.75 Å². The monoisotopic (exact) mass is 203 g/mol. The van der Waals surface area contributed by atoms with Crippen LogP contribution < -0.4 is 10.1 Å². The number of benzene rings is 1. The van der Waals surface area contributed by atoms with E-state index in [1.807, 2.05) is 18.2 Å². The second-order valence-corrected chi connectivity index (χ2v) is 4.78. The van der Waals surface area contributed by atoms with Gasteiger partial charge in [-0.25, -0.2) is 0 Å². The fraction of sp³-hybridized carbons (Fsp3) is 0.143. The van der Waals surface area contributed by atoms with Crippen LogP contribution in [-0.2, 0) is 4.57 Å². The normalized spacial score (nSPS) is 27.4. The molecule has 2 unspecified atom stereocenters. The highest BCUT2D eigenvalue weighted by Gasteiger charge is 2.24. The summed E-state index contributed by atoms with van der Waals surface area (Å²) in [5.41, 5.74) is 0.793. The Morgan fingerprint density at radius 2 is 2.25 bits per heavy atom. The van der Waals surface area contributed by atoms with Crippen molar-refractivity contribution in [2.24, 2.45) is 0 Å². The summed E-state index contributed by atoms with van der Waals surface area (Å²) in [5, 5.41) is 1.94. The van der Waals surface area contributed by atoms with Crippen molar-refractivity contribution in [2.45, 2.75) is 5.12 Å². The molecule has 1 aromatic rings. The van der Waals surface area contributed by atoms with Crippen molar-refractivity contribution in [1.29, 1.82) is 0 Å². The lowest BCUT2D eigenvalue weighted by Crippen LogP contribution is -2.16. The van der Waals surface area contributed by atoms with Crippen molar-refractivity contribution >= 4 is 19.6 Å². The molecule has 64 valence electrons. The summed E-state index contributed by atoms with van der Waals surface area (Å²) in [6.45, 7) is 0. The molecule has 0 radical (unpaired) electrons. The van der Waals surface area contributed by atoms with E-state index in [2.05, 4.69) is 5.25 Å². The third kappa shape index (κ3) is 1.24. The van der Waals surface area contributed by atoms with E-state index in [1.165, 1.54) is 0 Å². The second-order valence-electron chi connectivity index (χ2n) is 2.47. The first-order valence-corrected chi connectivity index (χ1v) is 5.41. The van der Waals surface area contributed by atoms with Crippen LogP contribution in [0.5, 0.6) is 5.75 Å². The smallest absolute Gasteiger partial charge is 0.189 e. The predicted molar refractivity (Wildman–Crippen MR) is 47.8 cm³/mol. The SMILES string of the molecule is O=[PH]1NOc2ccccc2C1Cl. The molecule has 0 saturated heterocycles. The van der Waals surface area contributed by atoms with Gasteiger partial charge in [-0.15, -0.1) is 16.9 Å². The molecule has 3 nitrogen and oxygen atoms in total. The molecule has 1 aliphatic heterocycles. The molecular formula is C7H7ClNO2P. The Balaban J connectivity index is 2.48. The summed E-state index contributed by atoms with van der Waals surface area (Å²) < 4.78 is 11.2. The third-order valence-electron chi connectivity index (χ3n) is 1.68. The lowest BCUT2D eigenvalue weighted by molar-refractivity contribution is 0.262. The van der Waals surface area contributed by atoms with Gasteiger partial charge in [-0.2, -0.15) is 0 Å². The minimum Gasteiger partial charge on any atom is -0.402 e. The predicted octanol–water partition coefficient (Wildman–Crippen LogP) is 2.30. The maximum atomic E-state index is 11.2. The molecule has 1 aliphatic rings. The van der Waals surface area contributed by atoms with Crippen molar-refractivity contribution in [3.63, 3.8) is 0 Å². The first-order chi connectivity index (χ1) is 5.79. The van der Waals surface area contributed by atoms with Crippen molar-refractivity contribution < 1.29 is 9.40 Å². The summed E-state index contributed by atoms with van der Waals surface area (Å²) in [5.74, 6) is 0.655. The number of hydrogen-bond acceptors (Lipinski definition) is 2. The first-order valence-electron chi connectivity index (χ1n) is 3.49. The number of fused-ring (bicyclic) bond motifs is 1. The van der Waals surface area contributed by atoms with Gasteiger partial charge in [-0.1, -0.05) is 18.2 Å². The summed E-state index contributed by atoms with van der Waals surface area (Å²) in [4.78, 5) is 5.00. The molecule has 1 aromatic carbocycles. The van der Waals surface area contributed by atoms with Crippen molar-refractivity contribution in [3.05, 3.63) is 29.8 Å². The highest BCUT2D eigenvalue weighted by molar-refractivity contribution is 7.45. The van der Waals surface area contributed by atoms with Crippen LogP contribution in [0, 0.1) is 0 Å². The van der Waals surface area contributed by atoms with Gasteiger partial charge in [0, 0.05) is 5.56 Å². The second kappa shape index (κ2) is 3.09. The molecule has 2 atom stereocenters. The highest BCUT2D eigenvalue weighted by Crippen LogP contribution is 2.47. The van der Waals surface area contributed by atoms with Gasteiger partial charge in [-0.05, 0) is 6.07 Å².